The molecule has 0 aliphatic carbocycles. The molecular weight excluding hydrogens is 564 g/mol. The van der Waals surface area contributed by atoms with Crippen LogP contribution in [0.25, 0.3) is 32.6 Å². The number of fused-ring (bicyclic) bond motifs is 4. The van der Waals surface area contributed by atoms with E-state index in [-0.39, 0.29) is 5.78 Å². The summed E-state index contributed by atoms with van der Waals surface area (Å²) in [6, 6.07) is 29.4. The quantitative estimate of drug-likeness (QED) is 0.0725. The van der Waals surface area contributed by atoms with E-state index in [1.165, 1.54) is 6.92 Å². The van der Waals surface area contributed by atoms with Crippen molar-refractivity contribution in [1.82, 2.24) is 4.57 Å². The highest BCUT2D eigenvalue weighted by Gasteiger charge is 2.21. The van der Waals surface area contributed by atoms with Crippen LogP contribution in [0.1, 0.15) is 53.4 Å². The molecule has 0 radical (unpaired) electrons. The number of oxime groups is 1. The first-order valence-electron chi connectivity index (χ1n) is 15.0. The maximum Gasteiger partial charge on any atom is 0.332 e. The van der Waals surface area contributed by atoms with Gasteiger partial charge >= 0.3 is 5.97 Å². The van der Waals surface area contributed by atoms with E-state index < -0.39 is 5.97 Å². The van der Waals surface area contributed by atoms with Crippen molar-refractivity contribution in [2.24, 2.45) is 5.16 Å². The lowest BCUT2D eigenvalue weighted by Crippen LogP contribution is -2.08. The Morgan fingerprint density at radius 3 is 2.18 bits per heavy atom. The number of benzene rings is 5. The van der Waals surface area contributed by atoms with E-state index in [4.69, 9.17) is 14.3 Å². The van der Waals surface area contributed by atoms with E-state index in [0.717, 1.165) is 61.6 Å². The molecule has 6 aromatic rings. The van der Waals surface area contributed by atoms with E-state index in [9.17, 15) is 9.59 Å². The number of hydrogen-bond donors (Lipinski definition) is 0. The lowest BCUT2D eigenvalue weighted by atomic mass is 9.94. The Labute approximate surface area is 261 Å². The minimum absolute atomic E-state index is 0.100. The molecule has 0 fully saturated rings. The minimum Gasteiger partial charge on any atom is -0.497 e. The van der Waals surface area contributed by atoms with Crippen molar-refractivity contribution in [2.45, 2.75) is 34.2 Å². The summed E-state index contributed by atoms with van der Waals surface area (Å²) in [4.78, 5) is 31.2. The van der Waals surface area contributed by atoms with Crippen LogP contribution in [0, 0.1) is 6.92 Å². The predicted molar refractivity (Wildman–Crippen MR) is 179 cm³/mol. The number of hydrogen-bond acceptors (Lipinski definition) is 6. The summed E-state index contributed by atoms with van der Waals surface area (Å²) in [5.41, 5.74) is 6.20. The highest BCUT2D eigenvalue weighted by atomic mass is 16.7. The van der Waals surface area contributed by atoms with Crippen LogP contribution in [0.4, 0.5) is 0 Å². The third-order valence-corrected chi connectivity index (χ3v) is 8.09. The van der Waals surface area contributed by atoms with Gasteiger partial charge in [0.15, 0.2) is 5.78 Å². The maximum atomic E-state index is 14.2. The normalized spacial score (nSPS) is 11.7. The Kier molecular flexibility index (Phi) is 8.09. The summed E-state index contributed by atoms with van der Waals surface area (Å²) in [6.45, 7) is 8.51. The van der Waals surface area contributed by atoms with Gasteiger partial charge in [-0.2, -0.15) is 0 Å². The first-order valence-corrected chi connectivity index (χ1v) is 15.0. The van der Waals surface area contributed by atoms with E-state index in [1.807, 2.05) is 98.8 Å². The summed E-state index contributed by atoms with van der Waals surface area (Å²) in [7, 11) is 1.62. The van der Waals surface area contributed by atoms with E-state index in [0.29, 0.717) is 29.2 Å². The Bertz CT molecular complexity index is 2140. The van der Waals surface area contributed by atoms with Crippen LogP contribution in [-0.2, 0) is 16.2 Å². The molecule has 0 aliphatic heterocycles. The molecule has 226 valence electrons. The summed E-state index contributed by atoms with van der Waals surface area (Å²) >= 11 is 0. The molecule has 7 heteroatoms. The lowest BCUT2D eigenvalue weighted by molar-refractivity contribution is -0.140. The van der Waals surface area contributed by atoms with Crippen molar-refractivity contribution < 1.29 is 23.9 Å². The molecule has 6 rings (SSSR count). The molecule has 0 spiro atoms. The van der Waals surface area contributed by atoms with Gasteiger partial charge in [-0.1, -0.05) is 41.6 Å². The van der Waals surface area contributed by atoms with Gasteiger partial charge in [0.2, 0.25) is 0 Å². The van der Waals surface area contributed by atoms with Gasteiger partial charge in [-0.25, -0.2) is 4.79 Å². The molecule has 7 nitrogen and oxygen atoms in total. The van der Waals surface area contributed by atoms with Crippen molar-refractivity contribution >= 4 is 50.0 Å². The van der Waals surface area contributed by atoms with Crippen LogP contribution in [-0.4, -0.2) is 35.7 Å². The molecule has 1 heterocycles. The van der Waals surface area contributed by atoms with Crippen LogP contribution < -0.4 is 9.47 Å². The monoisotopic (exact) mass is 598 g/mol. The van der Waals surface area contributed by atoms with Crippen molar-refractivity contribution in [2.75, 3.05) is 13.7 Å². The third-order valence-electron chi connectivity index (χ3n) is 8.09. The number of rotatable bonds is 9. The number of aryl methyl sites for hydroxylation is 2. The average molecular weight is 599 g/mol. The van der Waals surface area contributed by atoms with Crippen LogP contribution in [0.15, 0.2) is 96.2 Å². The maximum absolute atomic E-state index is 14.2. The predicted octanol–water partition coefficient (Wildman–Crippen LogP) is 8.23. The summed E-state index contributed by atoms with van der Waals surface area (Å²) in [5.74, 6) is 0.684. The first-order chi connectivity index (χ1) is 21.8. The fraction of sp³-hybridized carbons (Fsp3) is 0.184. The lowest BCUT2D eigenvalue weighted by Gasteiger charge is -2.13. The molecule has 0 saturated carbocycles. The second kappa shape index (κ2) is 12.3. The van der Waals surface area contributed by atoms with Gasteiger partial charge in [0.05, 0.1) is 19.3 Å². The van der Waals surface area contributed by atoms with Crippen molar-refractivity contribution in [3.05, 3.63) is 119 Å². The third kappa shape index (κ3) is 5.42. The van der Waals surface area contributed by atoms with E-state index in [2.05, 4.69) is 22.7 Å². The number of aromatic nitrogens is 1. The fourth-order valence-corrected chi connectivity index (χ4v) is 6.04. The molecule has 0 N–H and O–H groups in total. The van der Waals surface area contributed by atoms with Gasteiger partial charge in [-0.3, -0.25) is 4.79 Å². The molecule has 0 saturated heterocycles. The topological polar surface area (TPSA) is 79.1 Å². The van der Waals surface area contributed by atoms with Crippen LogP contribution >= 0.6 is 0 Å². The SMILES string of the molecule is CCOc1ccc2ccccc2c1C(=O)c1ccc2c(c1)c1cc(/C(=N\OC(C)=O)c3ccc(OC)cc3C)ccc1n2CC. The van der Waals surface area contributed by atoms with Gasteiger partial charge in [-0.15, -0.1) is 0 Å². The zero-order valence-corrected chi connectivity index (χ0v) is 26.0. The van der Waals surface area contributed by atoms with Crippen LogP contribution in [0.3, 0.4) is 0 Å². The fourth-order valence-electron chi connectivity index (χ4n) is 6.04. The van der Waals surface area contributed by atoms with Gasteiger partial charge in [0, 0.05) is 52.0 Å². The van der Waals surface area contributed by atoms with Crippen LogP contribution in [0.5, 0.6) is 11.5 Å². The summed E-state index contributed by atoms with van der Waals surface area (Å²) < 4.78 is 13.6. The Hall–Kier alpha value is -5.43. The molecule has 0 bridgehead atoms. The molecule has 0 amide bonds. The zero-order valence-electron chi connectivity index (χ0n) is 26.0. The number of nitrogens with zero attached hydrogens (tertiary/aromatic N) is 2. The highest BCUT2D eigenvalue weighted by Crippen LogP contribution is 2.35. The van der Waals surface area contributed by atoms with Gasteiger partial charge in [0.1, 0.15) is 17.2 Å². The number of ether oxygens (including phenoxy) is 2. The molecule has 0 unspecified atom stereocenters. The first kappa shape index (κ1) is 29.6. The smallest absolute Gasteiger partial charge is 0.332 e. The summed E-state index contributed by atoms with van der Waals surface area (Å²) in [5, 5.41) is 8.02. The number of ketones is 1. The van der Waals surface area contributed by atoms with Gasteiger partial charge in [-0.05, 0) is 91.7 Å². The average Bonchev–Trinajstić information content (AvgIpc) is 3.37. The second-order valence-corrected chi connectivity index (χ2v) is 10.8. The minimum atomic E-state index is -0.509. The van der Waals surface area contributed by atoms with Crippen molar-refractivity contribution in [1.29, 1.82) is 0 Å². The largest absolute Gasteiger partial charge is 0.497 e. The molecule has 5 aromatic carbocycles. The second-order valence-electron chi connectivity index (χ2n) is 10.8. The standard InChI is InChI=1S/C38H34N2O5/c1-6-40-33-17-12-26(37(39-45-24(4)41)29-16-15-28(43-5)20-23(29)3)21-31(33)32-22-27(13-18-34(32)40)38(42)36-30-11-9-8-10-25(30)14-19-35(36)44-7-2/h8-22H,6-7H2,1-5H3/b39-37+. The van der Waals surface area contributed by atoms with Crippen molar-refractivity contribution in [3.8, 4) is 11.5 Å². The zero-order chi connectivity index (χ0) is 31.7. The number of carbonyl (C=O) groups excluding carboxylic acids is 2. The Morgan fingerprint density at radius 1 is 0.800 bits per heavy atom. The van der Waals surface area contributed by atoms with Gasteiger partial charge < -0.3 is 18.9 Å². The number of carbonyl (C=O) groups is 2. The van der Waals surface area contributed by atoms with Crippen LogP contribution in [0.2, 0.25) is 0 Å². The van der Waals surface area contributed by atoms with Crippen molar-refractivity contribution in [3.63, 3.8) is 0 Å². The highest BCUT2D eigenvalue weighted by molar-refractivity contribution is 6.21. The molecule has 1 aromatic heterocycles. The number of methoxy groups -OCH3 is 1. The molecular formula is C38H34N2O5. The Morgan fingerprint density at radius 2 is 1.51 bits per heavy atom. The molecule has 0 atom stereocenters. The molecule has 0 aliphatic rings. The summed E-state index contributed by atoms with van der Waals surface area (Å²) in [6.07, 6.45) is 0. The Balaban J connectivity index is 1.54. The van der Waals surface area contributed by atoms with Gasteiger partial charge in [0.25, 0.3) is 0 Å². The van der Waals surface area contributed by atoms with E-state index in [1.54, 1.807) is 7.11 Å². The van der Waals surface area contributed by atoms with E-state index >= 15 is 0 Å². The molecule has 45 heavy (non-hydrogen) atoms.